The number of carbonyl (C=O) groups is 1. The van der Waals surface area contributed by atoms with Crippen molar-refractivity contribution in [2.75, 3.05) is 4.90 Å². The molecule has 154 valence electrons. The van der Waals surface area contributed by atoms with Gasteiger partial charge in [0.15, 0.2) is 4.32 Å². The quantitative estimate of drug-likeness (QED) is 0.271. The SMILES string of the molecule is Cc1ccccc1N=Nc1ccc(N2C(=O)/C(=C/c3cccc(O)c3)SC2=S)c(C)c1. The fraction of sp³-hybridized carbons (Fsp3) is 0.0833. The molecule has 3 aromatic rings. The highest BCUT2D eigenvalue weighted by molar-refractivity contribution is 8.27. The summed E-state index contributed by atoms with van der Waals surface area (Å²) in [6.07, 6.45) is 1.74. The Bertz CT molecular complexity index is 1250. The number of aromatic hydroxyl groups is 1. The number of aryl methyl sites for hydroxylation is 2. The molecule has 1 heterocycles. The molecule has 1 aliphatic heterocycles. The summed E-state index contributed by atoms with van der Waals surface area (Å²) in [5.41, 5.74) is 4.90. The van der Waals surface area contributed by atoms with Crippen molar-refractivity contribution in [1.29, 1.82) is 0 Å². The van der Waals surface area contributed by atoms with Crippen LogP contribution in [0.25, 0.3) is 6.08 Å². The van der Waals surface area contributed by atoms with Crippen molar-refractivity contribution in [2.24, 2.45) is 10.2 Å². The third-order valence-electron chi connectivity index (χ3n) is 4.77. The number of nitrogens with zero attached hydrogens (tertiary/aromatic N) is 3. The van der Waals surface area contributed by atoms with Crippen LogP contribution in [0.2, 0.25) is 0 Å². The highest BCUT2D eigenvalue weighted by atomic mass is 32.2. The van der Waals surface area contributed by atoms with Gasteiger partial charge in [0.2, 0.25) is 0 Å². The smallest absolute Gasteiger partial charge is 0.270 e. The number of hydrogen-bond donors (Lipinski definition) is 1. The van der Waals surface area contributed by atoms with E-state index in [1.54, 1.807) is 24.3 Å². The summed E-state index contributed by atoms with van der Waals surface area (Å²) in [6.45, 7) is 3.90. The molecule has 3 aromatic carbocycles. The molecule has 0 aliphatic carbocycles. The molecule has 0 unspecified atom stereocenters. The maximum Gasteiger partial charge on any atom is 0.270 e. The number of carbonyl (C=O) groups excluding carboxylic acids is 1. The van der Waals surface area contributed by atoms with Crippen LogP contribution in [0.15, 0.2) is 81.9 Å². The van der Waals surface area contributed by atoms with Gasteiger partial charge in [0, 0.05) is 0 Å². The zero-order valence-electron chi connectivity index (χ0n) is 16.9. The number of benzene rings is 3. The van der Waals surface area contributed by atoms with Crippen LogP contribution < -0.4 is 4.90 Å². The minimum absolute atomic E-state index is 0.149. The molecule has 0 atom stereocenters. The van der Waals surface area contributed by atoms with E-state index in [0.717, 1.165) is 28.1 Å². The van der Waals surface area contributed by atoms with Gasteiger partial charge in [0.05, 0.1) is 22.0 Å². The summed E-state index contributed by atoms with van der Waals surface area (Å²) in [5.74, 6) is -0.0359. The van der Waals surface area contributed by atoms with Crippen LogP contribution in [0.3, 0.4) is 0 Å². The Morgan fingerprint density at radius 2 is 1.77 bits per heavy atom. The van der Waals surface area contributed by atoms with E-state index in [2.05, 4.69) is 10.2 Å². The number of rotatable bonds is 4. The van der Waals surface area contributed by atoms with Crippen LogP contribution in [0, 0.1) is 13.8 Å². The molecule has 31 heavy (non-hydrogen) atoms. The van der Waals surface area contributed by atoms with Crippen LogP contribution >= 0.6 is 24.0 Å². The second-order valence-electron chi connectivity index (χ2n) is 7.07. The Labute approximate surface area is 190 Å². The van der Waals surface area contributed by atoms with Crippen molar-refractivity contribution in [3.63, 3.8) is 0 Å². The molecular formula is C24H19N3O2S2. The molecule has 7 heteroatoms. The number of phenols is 1. The van der Waals surface area contributed by atoms with E-state index in [1.807, 2.05) is 62.4 Å². The first kappa shape index (κ1) is 21.0. The van der Waals surface area contributed by atoms with Gasteiger partial charge in [-0.05, 0) is 73.0 Å². The normalized spacial score (nSPS) is 15.4. The Hall–Kier alpha value is -3.29. The second-order valence-corrected chi connectivity index (χ2v) is 8.75. The zero-order chi connectivity index (χ0) is 22.0. The summed E-state index contributed by atoms with van der Waals surface area (Å²) in [7, 11) is 0. The Kier molecular flexibility index (Phi) is 5.97. The molecular weight excluding hydrogens is 426 g/mol. The number of phenolic OH excluding ortho intramolecular Hbond substituents is 1. The predicted octanol–water partition coefficient (Wildman–Crippen LogP) is 6.83. The average molecular weight is 446 g/mol. The maximum absolute atomic E-state index is 13.0. The van der Waals surface area contributed by atoms with Crippen molar-refractivity contribution in [2.45, 2.75) is 13.8 Å². The minimum atomic E-state index is -0.185. The molecule has 0 radical (unpaired) electrons. The Morgan fingerprint density at radius 1 is 0.968 bits per heavy atom. The van der Waals surface area contributed by atoms with E-state index in [0.29, 0.717) is 14.9 Å². The molecule has 1 saturated heterocycles. The summed E-state index contributed by atoms with van der Waals surface area (Å²) >= 11 is 6.72. The summed E-state index contributed by atoms with van der Waals surface area (Å²) in [5, 5.41) is 18.3. The summed E-state index contributed by atoms with van der Waals surface area (Å²) in [4.78, 5) is 15.1. The number of anilines is 1. The van der Waals surface area contributed by atoms with E-state index in [9.17, 15) is 9.90 Å². The Morgan fingerprint density at radius 3 is 2.52 bits per heavy atom. The average Bonchev–Trinajstić information content (AvgIpc) is 3.01. The molecule has 0 aromatic heterocycles. The molecule has 0 spiro atoms. The van der Waals surface area contributed by atoms with Gasteiger partial charge in [-0.2, -0.15) is 10.2 Å². The van der Waals surface area contributed by atoms with Crippen LogP contribution in [-0.2, 0) is 4.79 Å². The highest BCUT2D eigenvalue weighted by Gasteiger charge is 2.34. The number of hydrogen-bond acceptors (Lipinski definition) is 6. The third-order valence-corrected chi connectivity index (χ3v) is 6.07. The molecule has 1 N–H and O–H groups in total. The molecule has 0 bridgehead atoms. The summed E-state index contributed by atoms with van der Waals surface area (Å²) in [6, 6.07) is 20.1. The van der Waals surface area contributed by atoms with E-state index < -0.39 is 0 Å². The van der Waals surface area contributed by atoms with Crippen LogP contribution in [0.4, 0.5) is 17.1 Å². The number of amides is 1. The molecule has 0 saturated carbocycles. The fourth-order valence-corrected chi connectivity index (χ4v) is 4.47. The lowest BCUT2D eigenvalue weighted by molar-refractivity contribution is -0.113. The molecule has 1 fully saturated rings. The minimum Gasteiger partial charge on any atom is -0.508 e. The lowest BCUT2D eigenvalue weighted by Gasteiger charge is -2.17. The van der Waals surface area contributed by atoms with Gasteiger partial charge in [-0.25, -0.2) is 0 Å². The fourth-order valence-electron chi connectivity index (χ4n) is 3.18. The molecule has 5 nitrogen and oxygen atoms in total. The number of thiocarbonyl (C=S) groups is 1. The van der Waals surface area contributed by atoms with Crippen molar-refractivity contribution < 1.29 is 9.90 Å². The molecule has 4 rings (SSSR count). The van der Waals surface area contributed by atoms with Gasteiger partial charge >= 0.3 is 0 Å². The van der Waals surface area contributed by atoms with Gasteiger partial charge in [-0.1, -0.05) is 54.3 Å². The number of azo groups is 1. The van der Waals surface area contributed by atoms with Crippen molar-refractivity contribution >= 4 is 57.3 Å². The first-order valence-electron chi connectivity index (χ1n) is 9.57. The Balaban J connectivity index is 1.59. The van der Waals surface area contributed by atoms with Gasteiger partial charge < -0.3 is 5.11 Å². The van der Waals surface area contributed by atoms with E-state index in [-0.39, 0.29) is 11.7 Å². The monoisotopic (exact) mass is 445 g/mol. The largest absolute Gasteiger partial charge is 0.508 e. The van der Waals surface area contributed by atoms with Crippen LogP contribution in [-0.4, -0.2) is 15.3 Å². The van der Waals surface area contributed by atoms with Gasteiger partial charge in [0.25, 0.3) is 5.91 Å². The predicted molar refractivity (Wildman–Crippen MR) is 130 cm³/mol. The first-order chi connectivity index (χ1) is 14.9. The first-order valence-corrected chi connectivity index (χ1v) is 10.8. The van der Waals surface area contributed by atoms with E-state index in [1.165, 1.54) is 16.7 Å². The third kappa shape index (κ3) is 4.57. The topological polar surface area (TPSA) is 65.3 Å². The van der Waals surface area contributed by atoms with Crippen molar-refractivity contribution in [3.05, 3.63) is 88.3 Å². The van der Waals surface area contributed by atoms with E-state index >= 15 is 0 Å². The van der Waals surface area contributed by atoms with Gasteiger partial charge in [-0.3, -0.25) is 9.69 Å². The molecule has 1 aliphatic rings. The lowest BCUT2D eigenvalue weighted by atomic mass is 10.1. The number of thioether (sulfide) groups is 1. The van der Waals surface area contributed by atoms with E-state index in [4.69, 9.17) is 12.2 Å². The van der Waals surface area contributed by atoms with Gasteiger partial charge in [-0.15, -0.1) is 0 Å². The lowest BCUT2D eigenvalue weighted by Crippen LogP contribution is -2.28. The standard InChI is InChI=1S/C24H19N3O2S2/c1-15-6-3-4-9-20(15)26-25-18-10-11-21(16(2)12-18)27-23(29)22(31-24(27)30)14-17-7-5-8-19(28)13-17/h3-14,28H,1-2H3/b22-14-,26-25?. The van der Waals surface area contributed by atoms with Crippen molar-refractivity contribution in [1.82, 2.24) is 0 Å². The highest BCUT2D eigenvalue weighted by Crippen LogP contribution is 2.38. The zero-order valence-corrected chi connectivity index (χ0v) is 18.6. The van der Waals surface area contributed by atoms with Crippen LogP contribution in [0.5, 0.6) is 5.75 Å². The maximum atomic E-state index is 13.0. The molecule has 1 amide bonds. The van der Waals surface area contributed by atoms with Crippen LogP contribution in [0.1, 0.15) is 16.7 Å². The summed E-state index contributed by atoms with van der Waals surface area (Å²) < 4.78 is 0.466. The van der Waals surface area contributed by atoms with Gasteiger partial charge in [0.1, 0.15) is 5.75 Å². The second kappa shape index (κ2) is 8.83. The van der Waals surface area contributed by atoms with Crippen molar-refractivity contribution in [3.8, 4) is 5.75 Å².